The van der Waals surface area contributed by atoms with Gasteiger partial charge >= 0.3 is 0 Å². The van der Waals surface area contributed by atoms with E-state index in [0.29, 0.717) is 5.56 Å². The first-order valence-electron chi connectivity index (χ1n) is 10.1. The summed E-state index contributed by atoms with van der Waals surface area (Å²) >= 11 is 0. The molecular weight excluding hydrogens is 383 g/mol. The van der Waals surface area contributed by atoms with Gasteiger partial charge in [0.15, 0.2) is 5.76 Å². The summed E-state index contributed by atoms with van der Waals surface area (Å²) in [6.45, 7) is 0. The Morgan fingerprint density at radius 2 is 1.77 bits per heavy atom. The van der Waals surface area contributed by atoms with Gasteiger partial charge in [-0.1, -0.05) is 49.2 Å². The molecular formula is C24H23FN2O3. The van der Waals surface area contributed by atoms with Gasteiger partial charge in [0.25, 0.3) is 5.91 Å². The predicted molar refractivity (Wildman–Crippen MR) is 111 cm³/mol. The highest BCUT2D eigenvalue weighted by Gasteiger charge is 2.35. The van der Waals surface area contributed by atoms with Crippen LogP contribution in [-0.2, 0) is 4.79 Å². The van der Waals surface area contributed by atoms with Crippen LogP contribution in [0.4, 0.5) is 10.1 Å². The van der Waals surface area contributed by atoms with E-state index in [1.54, 1.807) is 24.3 Å². The highest BCUT2D eigenvalue weighted by Crippen LogP contribution is 2.31. The van der Waals surface area contributed by atoms with Gasteiger partial charge in [0, 0.05) is 11.7 Å². The van der Waals surface area contributed by atoms with E-state index in [1.807, 2.05) is 18.2 Å². The Morgan fingerprint density at radius 3 is 2.43 bits per heavy atom. The van der Waals surface area contributed by atoms with Crippen LogP contribution in [0.15, 0.2) is 77.4 Å². The smallest absolute Gasteiger partial charge is 0.294 e. The molecule has 1 N–H and O–H groups in total. The third-order valence-corrected chi connectivity index (χ3v) is 5.36. The molecule has 0 spiro atoms. The molecule has 0 radical (unpaired) electrons. The summed E-state index contributed by atoms with van der Waals surface area (Å²) in [6.07, 6.45) is 5.37. The molecule has 0 saturated heterocycles. The molecule has 1 saturated carbocycles. The van der Waals surface area contributed by atoms with Gasteiger partial charge < -0.3 is 9.73 Å². The summed E-state index contributed by atoms with van der Waals surface area (Å²) in [5.41, 5.74) is 0.920. The summed E-state index contributed by atoms with van der Waals surface area (Å²) in [4.78, 5) is 28.2. The molecule has 2 amide bonds. The minimum absolute atomic E-state index is 0.0776. The van der Waals surface area contributed by atoms with Crippen LogP contribution >= 0.6 is 0 Å². The number of furan rings is 1. The lowest BCUT2D eigenvalue weighted by Gasteiger charge is -2.31. The van der Waals surface area contributed by atoms with Gasteiger partial charge in [0.2, 0.25) is 5.91 Å². The van der Waals surface area contributed by atoms with Crippen molar-refractivity contribution >= 4 is 17.5 Å². The fourth-order valence-corrected chi connectivity index (χ4v) is 3.93. The number of anilines is 1. The average molecular weight is 406 g/mol. The molecule has 1 unspecified atom stereocenters. The number of rotatable bonds is 6. The van der Waals surface area contributed by atoms with Gasteiger partial charge in [0.05, 0.1) is 6.26 Å². The van der Waals surface area contributed by atoms with Crippen molar-refractivity contribution in [2.75, 3.05) is 4.90 Å². The second-order valence-corrected chi connectivity index (χ2v) is 7.44. The van der Waals surface area contributed by atoms with Crippen LogP contribution < -0.4 is 10.2 Å². The molecule has 0 aliphatic heterocycles. The molecule has 1 heterocycles. The molecule has 4 rings (SSSR count). The molecule has 5 nitrogen and oxygen atoms in total. The Bertz CT molecular complexity index is 998. The zero-order chi connectivity index (χ0) is 20.9. The lowest BCUT2D eigenvalue weighted by Crippen LogP contribution is -2.46. The number of hydrogen-bond donors (Lipinski definition) is 1. The number of nitrogens with zero attached hydrogens (tertiary/aromatic N) is 1. The van der Waals surface area contributed by atoms with Crippen LogP contribution in [-0.4, -0.2) is 17.9 Å². The molecule has 0 bridgehead atoms. The first-order valence-corrected chi connectivity index (χ1v) is 10.1. The monoisotopic (exact) mass is 406 g/mol. The quantitative estimate of drug-likeness (QED) is 0.636. The Hall–Kier alpha value is -3.41. The average Bonchev–Trinajstić information content (AvgIpc) is 3.46. The largest absolute Gasteiger partial charge is 0.459 e. The zero-order valence-corrected chi connectivity index (χ0v) is 16.5. The molecule has 1 aliphatic carbocycles. The van der Waals surface area contributed by atoms with Crippen LogP contribution in [0.2, 0.25) is 0 Å². The van der Waals surface area contributed by atoms with E-state index >= 15 is 0 Å². The summed E-state index contributed by atoms with van der Waals surface area (Å²) in [5, 5.41) is 3.09. The summed E-state index contributed by atoms with van der Waals surface area (Å²) in [6, 6.07) is 17.0. The fourth-order valence-electron chi connectivity index (χ4n) is 3.93. The van der Waals surface area contributed by atoms with E-state index in [2.05, 4.69) is 5.32 Å². The van der Waals surface area contributed by atoms with Gasteiger partial charge in [-0.3, -0.25) is 14.5 Å². The van der Waals surface area contributed by atoms with E-state index in [4.69, 9.17) is 4.42 Å². The van der Waals surface area contributed by atoms with Crippen LogP contribution in [0.1, 0.15) is 47.8 Å². The number of amides is 2. The van der Waals surface area contributed by atoms with Crippen molar-refractivity contribution in [2.45, 2.75) is 37.8 Å². The predicted octanol–water partition coefficient (Wildman–Crippen LogP) is 4.87. The highest BCUT2D eigenvalue weighted by atomic mass is 19.1. The molecule has 1 atom stereocenters. The minimum atomic E-state index is -0.966. The van der Waals surface area contributed by atoms with Crippen LogP contribution in [0.25, 0.3) is 0 Å². The summed E-state index contributed by atoms with van der Waals surface area (Å²) in [7, 11) is 0. The summed E-state index contributed by atoms with van der Waals surface area (Å²) in [5.74, 6) is -1.22. The topological polar surface area (TPSA) is 62.6 Å². The first-order chi connectivity index (χ1) is 14.6. The van der Waals surface area contributed by atoms with Gasteiger partial charge in [-0.15, -0.1) is 0 Å². The fraction of sp³-hybridized carbons (Fsp3) is 0.250. The van der Waals surface area contributed by atoms with Gasteiger partial charge in [-0.2, -0.15) is 0 Å². The number of hydrogen-bond acceptors (Lipinski definition) is 3. The molecule has 1 aliphatic rings. The SMILES string of the molecule is O=C(NC1CCCC1)C(c1ccccc1)N(C(=O)c1ccco1)c1cccc(F)c1. The molecule has 3 aromatic rings. The van der Waals surface area contributed by atoms with Crippen LogP contribution in [0.5, 0.6) is 0 Å². The van der Waals surface area contributed by atoms with Crippen LogP contribution in [0, 0.1) is 5.82 Å². The first kappa shape index (κ1) is 19.9. The second-order valence-electron chi connectivity index (χ2n) is 7.44. The van der Waals surface area contributed by atoms with Crippen molar-refractivity contribution in [1.82, 2.24) is 5.32 Å². The maximum absolute atomic E-state index is 14.1. The van der Waals surface area contributed by atoms with Gasteiger partial charge in [-0.05, 0) is 48.7 Å². The molecule has 1 fully saturated rings. The van der Waals surface area contributed by atoms with Crippen LogP contribution in [0.3, 0.4) is 0 Å². The minimum Gasteiger partial charge on any atom is -0.459 e. The molecule has 2 aromatic carbocycles. The third-order valence-electron chi connectivity index (χ3n) is 5.36. The number of carbonyl (C=O) groups excluding carboxylic acids is 2. The van der Waals surface area contributed by atoms with Crippen molar-refractivity contribution < 1.29 is 18.4 Å². The zero-order valence-electron chi connectivity index (χ0n) is 16.5. The van der Waals surface area contributed by atoms with E-state index in [0.717, 1.165) is 25.7 Å². The Balaban J connectivity index is 1.79. The molecule has 6 heteroatoms. The Labute approximate surface area is 174 Å². The Kier molecular flexibility index (Phi) is 5.93. The number of nitrogens with one attached hydrogen (secondary N) is 1. The van der Waals surface area contributed by atoms with E-state index in [1.165, 1.54) is 35.4 Å². The van der Waals surface area contributed by atoms with Crippen molar-refractivity contribution in [1.29, 1.82) is 0 Å². The van der Waals surface area contributed by atoms with E-state index < -0.39 is 17.8 Å². The van der Waals surface area contributed by atoms with Crippen molar-refractivity contribution in [3.8, 4) is 0 Å². The van der Waals surface area contributed by atoms with E-state index in [-0.39, 0.29) is 23.4 Å². The third kappa shape index (κ3) is 4.27. The standard InChI is InChI=1S/C24H23FN2O3/c25-18-10-6-13-20(16-18)27(24(29)21-14-7-15-30-21)22(17-8-2-1-3-9-17)23(28)26-19-11-4-5-12-19/h1-3,6-10,13-16,19,22H,4-5,11-12H2,(H,26,28). The van der Waals surface area contributed by atoms with Crippen molar-refractivity contribution in [3.63, 3.8) is 0 Å². The lowest BCUT2D eigenvalue weighted by molar-refractivity contribution is -0.123. The normalized spacial score (nSPS) is 15.0. The second kappa shape index (κ2) is 8.95. The number of benzene rings is 2. The maximum atomic E-state index is 14.1. The van der Waals surface area contributed by atoms with Gasteiger partial charge in [-0.25, -0.2) is 4.39 Å². The number of carbonyl (C=O) groups is 2. The van der Waals surface area contributed by atoms with E-state index in [9.17, 15) is 14.0 Å². The molecule has 1 aromatic heterocycles. The molecule has 154 valence electrons. The lowest BCUT2D eigenvalue weighted by atomic mass is 10.0. The maximum Gasteiger partial charge on any atom is 0.294 e. The number of halogens is 1. The Morgan fingerprint density at radius 1 is 1.00 bits per heavy atom. The van der Waals surface area contributed by atoms with Gasteiger partial charge in [0.1, 0.15) is 11.9 Å². The molecule has 30 heavy (non-hydrogen) atoms. The highest BCUT2D eigenvalue weighted by molar-refractivity contribution is 6.08. The van der Waals surface area contributed by atoms with Crippen molar-refractivity contribution in [2.24, 2.45) is 0 Å². The van der Waals surface area contributed by atoms with Crippen molar-refractivity contribution in [3.05, 3.63) is 90.1 Å². The summed E-state index contributed by atoms with van der Waals surface area (Å²) < 4.78 is 19.4.